The number of ether oxygens (including phenoxy) is 2. The van der Waals surface area contributed by atoms with Crippen LogP contribution in [0.25, 0.3) is 5.76 Å². The number of cyclic esters (lactones) is 1. The molecule has 0 spiro atoms. The van der Waals surface area contributed by atoms with Gasteiger partial charge in [0, 0.05) is 29.0 Å². The van der Waals surface area contributed by atoms with Crippen molar-refractivity contribution in [2.75, 3.05) is 20.2 Å². The first-order valence-electron chi connectivity index (χ1n) is 9.36. The fourth-order valence-corrected chi connectivity index (χ4v) is 3.75. The molecule has 0 N–H and O–H groups in total. The van der Waals surface area contributed by atoms with Gasteiger partial charge < -0.3 is 9.47 Å². The van der Waals surface area contributed by atoms with Crippen LogP contribution < -0.4 is 4.74 Å². The van der Waals surface area contributed by atoms with Gasteiger partial charge in [0.2, 0.25) is 0 Å². The number of methoxy groups -OCH3 is 1. The molecule has 1 heterocycles. The van der Waals surface area contributed by atoms with Gasteiger partial charge in [-0.1, -0.05) is 40.2 Å². The fourth-order valence-electron chi connectivity index (χ4n) is 3.49. The maximum atomic E-state index is 13.1. The van der Waals surface area contributed by atoms with E-state index < -0.39 is 6.04 Å². The van der Waals surface area contributed by atoms with Crippen molar-refractivity contribution in [1.29, 1.82) is 0 Å². The highest BCUT2D eigenvalue weighted by Crippen LogP contribution is 2.36. The minimum absolute atomic E-state index is 0.165. The number of carbonyl (C=O) groups excluding carboxylic acids is 1. The van der Waals surface area contributed by atoms with Gasteiger partial charge in [0.25, 0.3) is 0 Å². The highest BCUT2D eigenvalue weighted by molar-refractivity contribution is 9.10. The van der Waals surface area contributed by atoms with Crippen LogP contribution >= 0.6 is 15.9 Å². The molecular weight excluding hydrogens is 430 g/mol. The molecule has 3 rings (SSSR count). The lowest BCUT2D eigenvalue weighted by molar-refractivity contribution is -0.144. The first-order valence-corrected chi connectivity index (χ1v) is 10.2. The largest absolute Gasteiger partial charge is 0.497 e. The first kappa shape index (κ1) is 21.1. The van der Waals surface area contributed by atoms with Crippen LogP contribution in [-0.4, -0.2) is 37.1 Å². The van der Waals surface area contributed by atoms with Gasteiger partial charge in [-0.05, 0) is 48.0 Å². The van der Waals surface area contributed by atoms with E-state index in [1.165, 1.54) is 0 Å². The van der Waals surface area contributed by atoms with Crippen molar-refractivity contribution in [2.24, 2.45) is 0 Å². The molecule has 0 bridgehead atoms. The van der Waals surface area contributed by atoms with Gasteiger partial charge in [-0.15, -0.1) is 13.2 Å². The summed E-state index contributed by atoms with van der Waals surface area (Å²) in [6, 6.07) is 15.1. The second-order valence-electron chi connectivity index (χ2n) is 6.73. The lowest BCUT2D eigenvalue weighted by Crippen LogP contribution is -2.47. The van der Waals surface area contributed by atoms with Crippen LogP contribution in [0.2, 0.25) is 0 Å². The van der Waals surface area contributed by atoms with E-state index in [2.05, 4.69) is 29.1 Å². The number of carbonyl (C=O) groups is 1. The Hall–Kier alpha value is -2.63. The van der Waals surface area contributed by atoms with Gasteiger partial charge in [-0.25, -0.2) is 4.79 Å². The van der Waals surface area contributed by atoms with Gasteiger partial charge >= 0.3 is 5.97 Å². The van der Waals surface area contributed by atoms with Gasteiger partial charge in [-0.3, -0.25) is 4.90 Å². The van der Waals surface area contributed by atoms with Crippen molar-refractivity contribution < 1.29 is 14.3 Å². The molecule has 150 valence electrons. The number of hydrogen-bond acceptors (Lipinski definition) is 4. The zero-order valence-corrected chi connectivity index (χ0v) is 18.0. The Morgan fingerprint density at radius 2 is 1.69 bits per heavy atom. The van der Waals surface area contributed by atoms with Crippen molar-refractivity contribution in [2.45, 2.75) is 12.0 Å². The second-order valence-corrected chi connectivity index (χ2v) is 7.65. The van der Waals surface area contributed by atoms with Crippen molar-refractivity contribution in [1.82, 2.24) is 4.90 Å². The van der Waals surface area contributed by atoms with Crippen LogP contribution in [0.4, 0.5) is 0 Å². The second kappa shape index (κ2) is 9.72. The molecule has 5 heteroatoms. The Labute approximate surface area is 180 Å². The molecule has 0 saturated heterocycles. The Balaban J connectivity index is 2.05. The summed E-state index contributed by atoms with van der Waals surface area (Å²) in [4.78, 5) is 15.2. The molecule has 2 aromatic carbocycles. The molecule has 0 fully saturated rings. The molecule has 1 aliphatic rings. The van der Waals surface area contributed by atoms with E-state index in [0.717, 1.165) is 21.3 Å². The zero-order valence-electron chi connectivity index (χ0n) is 16.4. The molecule has 0 amide bonds. The molecule has 2 atom stereocenters. The fraction of sp³-hybridized carbons (Fsp3) is 0.208. The highest BCUT2D eigenvalue weighted by atomic mass is 79.9. The predicted molar refractivity (Wildman–Crippen MR) is 120 cm³/mol. The number of esters is 1. The molecule has 2 aromatic rings. The monoisotopic (exact) mass is 453 g/mol. The summed E-state index contributed by atoms with van der Waals surface area (Å²) in [5.41, 5.74) is 1.87. The molecule has 0 unspecified atom stereocenters. The number of benzene rings is 2. The van der Waals surface area contributed by atoms with Crippen molar-refractivity contribution in [3.8, 4) is 5.75 Å². The quantitative estimate of drug-likeness (QED) is 0.407. The number of hydrogen-bond donors (Lipinski definition) is 0. The zero-order chi connectivity index (χ0) is 20.8. The summed E-state index contributed by atoms with van der Waals surface area (Å²) in [7, 11) is 1.62. The Kier molecular flexibility index (Phi) is 7.07. The average molecular weight is 454 g/mol. The van der Waals surface area contributed by atoms with E-state index in [9.17, 15) is 4.79 Å². The molecule has 0 radical (unpaired) electrons. The molecule has 0 saturated carbocycles. The van der Waals surface area contributed by atoms with Crippen molar-refractivity contribution in [3.63, 3.8) is 0 Å². The maximum Gasteiger partial charge on any atom is 0.329 e. The van der Waals surface area contributed by atoms with Crippen LogP contribution in [0.3, 0.4) is 0 Å². The van der Waals surface area contributed by atoms with Crippen LogP contribution in [0.1, 0.15) is 17.0 Å². The van der Waals surface area contributed by atoms with Gasteiger partial charge in [-0.2, -0.15) is 0 Å². The Bertz CT molecular complexity index is 893. The summed E-state index contributed by atoms with van der Waals surface area (Å²) in [5.74, 6) is 0.859. The molecule has 1 aliphatic heterocycles. The minimum atomic E-state index is -0.464. The topological polar surface area (TPSA) is 38.8 Å². The van der Waals surface area contributed by atoms with Crippen LogP contribution in [-0.2, 0) is 9.53 Å². The van der Waals surface area contributed by atoms with Crippen LogP contribution in [0, 0.1) is 0 Å². The van der Waals surface area contributed by atoms with E-state index in [-0.39, 0.29) is 11.9 Å². The summed E-state index contributed by atoms with van der Waals surface area (Å²) in [5, 5.41) is 0. The molecule has 0 aromatic heterocycles. The third-order valence-electron chi connectivity index (χ3n) is 4.87. The Morgan fingerprint density at radius 1 is 1.07 bits per heavy atom. The minimum Gasteiger partial charge on any atom is -0.497 e. The first-order chi connectivity index (χ1) is 14.1. The Morgan fingerprint density at radius 3 is 2.24 bits per heavy atom. The highest BCUT2D eigenvalue weighted by Gasteiger charge is 2.38. The van der Waals surface area contributed by atoms with E-state index in [1.54, 1.807) is 19.3 Å². The van der Waals surface area contributed by atoms with Gasteiger partial charge in [0.05, 0.1) is 7.11 Å². The van der Waals surface area contributed by atoms with Crippen molar-refractivity contribution in [3.05, 3.63) is 95.5 Å². The van der Waals surface area contributed by atoms with Crippen LogP contribution in [0.5, 0.6) is 5.75 Å². The van der Waals surface area contributed by atoms with Crippen LogP contribution in [0.15, 0.2) is 84.4 Å². The van der Waals surface area contributed by atoms with E-state index >= 15 is 0 Å². The third kappa shape index (κ3) is 4.86. The summed E-state index contributed by atoms with van der Waals surface area (Å²) < 4.78 is 12.0. The van der Waals surface area contributed by atoms with E-state index in [0.29, 0.717) is 18.8 Å². The van der Waals surface area contributed by atoms with Crippen molar-refractivity contribution >= 4 is 27.7 Å². The summed E-state index contributed by atoms with van der Waals surface area (Å²) in [6.07, 6.45) is 5.60. The molecule has 0 aliphatic carbocycles. The lowest BCUT2D eigenvalue weighted by atomic mass is 9.87. The summed E-state index contributed by atoms with van der Waals surface area (Å²) >= 11 is 3.48. The molecule has 29 heavy (non-hydrogen) atoms. The maximum absolute atomic E-state index is 13.1. The van der Waals surface area contributed by atoms with Gasteiger partial charge in [0.15, 0.2) is 0 Å². The SMILES string of the molecule is C=CCN(CC=C)[C@H]1C(=O)OC(c2ccc(OC)cc2)=C[C@@H]1c1ccc(Br)cc1. The average Bonchev–Trinajstić information content (AvgIpc) is 2.74. The van der Waals surface area contributed by atoms with Gasteiger partial charge in [0.1, 0.15) is 17.6 Å². The number of halogens is 1. The predicted octanol–water partition coefficient (Wildman–Crippen LogP) is 5.18. The lowest BCUT2D eigenvalue weighted by Gasteiger charge is -2.36. The molecule has 4 nitrogen and oxygen atoms in total. The van der Waals surface area contributed by atoms with E-state index in [1.807, 2.05) is 59.5 Å². The number of nitrogens with zero attached hydrogens (tertiary/aromatic N) is 1. The number of rotatable bonds is 8. The normalized spacial score (nSPS) is 18.7. The molecular formula is C24H24BrNO3. The smallest absolute Gasteiger partial charge is 0.329 e. The summed E-state index contributed by atoms with van der Waals surface area (Å²) in [6.45, 7) is 8.78. The third-order valence-corrected chi connectivity index (χ3v) is 5.40. The standard InChI is InChI=1S/C24H24BrNO3/c1-4-14-26(15-5-2)23-21(17-6-10-19(25)11-7-17)16-22(29-24(23)27)18-8-12-20(28-3)13-9-18/h4-13,16,21,23H,1-2,14-15H2,3H3/t21-,23-/m1/s1. The van der Waals surface area contributed by atoms with E-state index in [4.69, 9.17) is 9.47 Å².